The predicted molar refractivity (Wildman–Crippen MR) is 95.2 cm³/mol. The first-order valence-corrected chi connectivity index (χ1v) is 8.26. The lowest BCUT2D eigenvalue weighted by Gasteiger charge is -2.06. The first-order chi connectivity index (χ1) is 12.0. The minimum atomic E-state index is -0.396. The third-order valence-electron chi connectivity index (χ3n) is 3.31. The molecular formula is C16H15Cl2N5O2. The zero-order valence-electron chi connectivity index (χ0n) is 13.3. The molecule has 130 valence electrons. The lowest BCUT2D eigenvalue weighted by atomic mass is 10.3. The van der Waals surface area contributed by atoms with Gasteiger partial charge in [0.15, 0.2) is 12.4 Å². The van der Waals surface area contributed by atoms with Gasteiger partial charge in [-0.25, -0.2) is 4.68 Å². The minimum absolute atomic E-state index is 0.173. The van der Waals surface area contributed by atoms with Gasteiger partial charge in [0, 0.05) is 17.8 Å². The lowest BCUT2D eigenvalue weighted by molar-refractivity contribution is 0.102. The second-order valence-corrected chi connectivity index (χ2v) is 5.98. The summed E-state index contributed by atoms with van der Waals surface area (Å²) in [7, 11) is 0. The zero-order chi connectivity index (χ0) is 17.8. The summed E-state index contributed by atoms with van der Waals surface area (Å²) in [5.74, 6) is 0.234. The number of carbonyl (C=O) groups excluding carboxylic acids is 1. The Labute approximate surface area is 154 Å². The van der Waals surface area contributed by atoms with Crippen molar-refractivity contribution in [2.75, 3.05) is 5.32 Å². The van der Waals surface area contributed by atoms with Gasteiger partial charge in [-0.3, -0.25) is 9.48 Å². The molecule has 7 nitrogen and oxygen atoms in total. The van der Waals surface area contributed by atoms with Crippen molar-refractivity contribution in [1.82, 2.24) is 19.6 Å². The predicted octanol–water partition coefficient (Wildman–Crippen LogP) is 3.70. The molecule has 0 spiro atoms. The minimum Gasteiger partial charge on any atom is -0.471 e. The van der Waals surface area contributed by atoms with E-state index in [0.717, 1.165) is 0 Å². The molecule has 0 aliphatic carbocycles. The van der Waals surface area contributed by atoms with Crippen LogP contribution in [0.4, 0.5) is 5.69 Å². The van der Waals surface area contributed by atoms with Crippen LogP contribution in [0.3, 0.4) is 0 Å². The normalized spacial score (nSPS) is 10.7. The Bertz CT molecular complexity index is 890. The van der Waals surface area contributed by atoms with Crippen molar-refractivity contribution < 1.29 is 9.53 Å². The van der Waals surface area contributed by atoms with Crippen LogP contribution in [0.5, 0.6) is 5.75 Å². The number of anilines is 1. The molecular weight excluding hydrogens is 365 g/mol. The van der Waals surface area contributed by atoms with Crippen molar-refractivity contribution in [2.45, 2.75) is 20.2 Å². The van der Waals surface area contributed by atoms with Gasteiger partial charge in [0.1, 0.15) is 5.75 Å². The Balaban J connectivity index is 1.61. The summed E-state index contributed by atoms with van der Waals surface area (Å²) in [4.78, 5) is 12.2. The molecule has 9 heteroatoms. The van der Waals surface area contributed by atoms with E-state index in [4.69, 9.17) is 27.9 Å². The van der Waals surface area contributed by atoms with Crippen LogP contribution in [0.1, 0.15) is 17.4 Å². The Hall–Kier alpha value is -2.51. The summed E-state index contributed by atoms with van der Waals surface area (Å²) >= 11 is 11.9. The smallest absolute Gasteiger partial charge is 0.277 e. The number of nitrogens with zero attached hydrogens (tertiary/aromatic N) is 4. The number of amides is 1. The van der Waals surface area contributed by atoms with Gasteiger partial charge < -0.3 is 10.1 Å². The van der Waals surface area contributed by atoms with Crippen LogP contribution < -0.4 is 10.1 Å². The molecule has 0 atom stereocenters. The van der Waals surface area contributed by atoms with Crippen LogP contribution >= 0.6 is 23.2 Å². The standard InChI is InChI=1S/C16H15Cl2N5O2/c1-2-22-9-14(18)15(21-22)16(24)20-12-7-19-23(8-12)10-25-13-5-3-4-11(17)6-13/h3-9H,2,10H2,1H3,(H,20,24). The van der Waals surface area contributed by atoms with Gasteiger partial charge >= 0.3 is 0 Å². The molecule has 2 aromatic heterocycles. The van der Waals surface area contributed by atoms with E-state index in [1.807, 2.05) is 6.92 Å². The first-order valence-electron chi connectivity index (χ1n) is 7.50. The molecule has 2 heterocycles. The van der Waals surface area contributed by atoms with Crippen LogP contribution in [0.15, 0.2) is 42.9 Å². The number of hydrogen-bond acceptors (Lipinski definition) is 4. The van der Waals surface area contributed by atoms with Crippen LogP contribution in [0, 0.1) is 0 Å². The number of carbonyl (C=O) groups is 1. The summed E-state index contributed by atoms with van der Waals surface area (Å²) in [5.41, 5.74) is 0.688. The van der Waals surface area contributed by atoms with Crippen LogP contribution in [-0.2, 0) is 13.3 Å². The number of rotatable bonds is 6. The topological polar surface area (TPSA) is 74.0 Å². The van der Waals surface area contributed by atoms with Crippen LogP contribution in [0.25, 0.3) is 0 Å². The second-order valence-electron chi connectivity index (χ2n) is 5.13. The molecule has 1 N–H and O–H groups in total. The van der Waals surface area contributed by atoms with Crippen LogP contribution in [0.2, 0.25) is 10.0 Å². The van der Waals surface area contributed by atoms with Gasteiger partial charge in [0.25, 0.3) is 5.91 Å². The van der Waals surface area contributed by atoms with E-state index in [0.29, 0.717) is 28.0 Å². The fraction of sp³-hybridized carbons (Fsp3) is 0.188. The number of aromatic nitrogens is 4. The number of nitrogens with one attached hydrogen (secondary N) is 1. The fourth-order valence-corrected chi connectivity index (χ4v) is 2.52. The maximum atomic E-state index is 12.2. The summed E-state index contributed by atoms with van der Waals surface area (Å²) in [6.45, 7) is 2.72. The largest absolute Gasteiger partial charge is 0.471 e. The third kappa shape index (κ3) is 4.32. The molecule has 25 heavy (non-hydrogen) atoms. The lowest BCUT2D eigenvalue weighted by Crippen LogP contribution is -2.13. The Morgan fingerprint density at radius 3 is 2.84 bits per heavy atom. The summed E-state index contributed by atoms with van der Waals surface area (Å²) in [5, 5.41) is 11.9. The SMILES string of the molecule is CCn1cc(Cl)c(C(=O)Nc2cnn(COc3cccc(Cl)c3)c2)n1. The molecule has 1 amide bonds. The maximum absolute atomic E-state index is 12.2. The van der Waals surface area contributed by atoms with Crippen LogP contribution in [-0.4, -0.2) is 25.5 Å². The molecule has 0 aliphatic heterocycles. The second kappa shape index (κ2) is 7.58. The quantitative estimate of drug-likeness (QED) is 0.708. The monoisotopic (exact) mass is 379 g/mol. The number of benzene rings is 1. The van der Waals surface area contributed by atoms with E-state index in [1.165, 1.54) is 6.20 Å². The van der Waals surface area contributed by atoms with Crippen molar-refractivity contribution in [3.8, 4) is 5.75 Å². The van der Waals surface area contributed by atoms with E-state index in [-0.39, 0.29) is 12.4 Å². The molecule has 3 aromatic rings. The van der Waals surface area contributed by atoms with E-state index in [9.17, 15) is 4.79 Å². The number of aryl methyl sites for hydroxylation is 1. The molecule has 0 unspecified atom stereocenters. The third-order valence-corrected chi connectivity index (χ3v) is 3.82. The molecule has 3 rings (SSSR count). The number of ether oxygens (including phenoxy) is 1. The van der Waals surface area contributed by atoms with Crippen molar-refractivity contribution in [3.05, 3.63) is 58.6 Å². The summed E-state index contributed by atoms with van der Waals surface area (Å²) in [6, 6.07) is 7.07. The van der Waals surface area contributed by atoms with Gasteiger partial charge in [-0.2, -0.15) is 10.2 Å². The molecule has 1 aromatic carbocycles. The van der Waals surface area contributed by atoms with Gasteiger partial charge in [0.2, 0.25) is 0 Å². The van der Waals surface area contributed by atoms with Crippen molar-refractivity contribution in [3.63, 3.8) is 0 Å². The fourth-order valence-electron chi connectivity index (χ4n) is 2.10. The van der Waals surface area contributed by atoms with Gasteiger partial charge in [-0.1, -0.05) is 29.3 Å². The molecule has 0 bridgehead atoms. The first kappa shape index (κ1) is 17.3. The Kier molecular flexibility index (Phi) is 5.25. The van der Waals surface area contributed by atoms with Gasteiger partial charge in [-0.15, -0.1) is 0 Å². The number of hydrogen-bond donors (Lipinski definition) is 1. The molecule has 0 saturated carbocycles. The molecule has 0 saturated heterocycles. The van der Waals surface area contributed by atoms with E-state index in [1.54, 1.807) is 46.0 Å². The molecule has 0 fully saturated rings. The maximum Gasteiger partial charge on any atom is 0.277 e. The molecule has 0 aliphatic rings. The van der Waals surface area contributed by atoms with Crippen molar-refractivity contribution in [1.29, 1.82) is 0 Å². The van der Waals surface area contributed by atoms with E-state index >= 15 is 0 Å². The Morgan fingerprint density at radius 2 is 2.12 bits per heavy atom. The summed E-state index contributed by atoms with van der Waals surface area (Å²) < 4.78 is 8.72. The average Bonchev–Trinajstić information content (AvgIpc) is 3.19. The average molecular weight is 380 g/mol. The highest BCUT2D eigenvalue weighted by atomic mass is 35.5. The number of halogens is 2. The van der Waals surface area contributed by atoms with Crippen molar-refractivity contribution in [2.24, 2.45) is 0 Å². The van der Waals surface area contributed by atoms with Crippen molar-refractivity contribution >= 4 is 34.8 Å². The molecule has 0 radical (unpaired) electrons. The van der Waals surface area contributed by atoms with E-state index < -0.39 is 5.91 Å². The van der Waals surface area contributed by atoms with E-state index in [2.05, 4.69) is 15.5 Å². The highest BCUT2D eigenvalue weighted by Gasteiger charge is 2.16. The highest BCUT2D eigenvalue weighted by Crippen LogP contribution is 2.18. The Morgan fingerprint density at radius 1 is 1.28 bits per heavy atom. The van der Waals surface area contributed by atoms with Gasteiger partial charge in [-0.05, 0) is 25.1 Å². The van der Waals surface area contributed by atoms with Gasteiger partial charge in [0.05, 0.1) is 23.1 Å². The highest BCUT2D eigenvalue weighted by molar-refractivity contribution is 6.34. The summed E-state index contributed by atoms with van der Waals surface area (Å²) in [6.07, 6.45) is 4.77. The zero-order valence-corrected chi connectivity index (χ0v) is 14.8.